The van der Waals surface area contributed by atoms with Crippen LogP contribution in [-0.2, 0) is 13.7 Å². The van der Waals surface area contributed by atoms with Gasteiger partial charge < -0.3 is 13.7 Å². The van der Waals surface area contributed by atoms with Gasteiger partial charge in [-0.15, -0.1) is 0 Å². The Morgan fingerprint density at radius 3 is 3.09 bits per heavy atom. The molecule has 5 heteroatoms. The van der Waals surface area contributed by atoms with E-state index < -0.39 is 0 Å². The average Bonchev–Trinajstić information content (AvgIpc) is 2.50. The first kappa shape index (κ1) is 10.0. The predicted octanol–water partition coefficient (Wildman–Crippen LogP) is 1.81. The van der Waals surface area contributed by atoms with E-state index in [0.29, 0.717) is 19.3 Å². The lowest BCUT2D eigenvalue weighted by Crippen LogP contribution is -2.14. The fourth-order valence-electron chi connectivity index (χ4n) is 0.925. The molecule has 0 aliphatic carbocycles. The second kappa shape index (κ2) is 6.47. The Labute approximate surface area is 82.9 Å². The molecule has 1 heterocycles. The van der Waals surface area contributed by atoms with Crippen molar-refractivity contribution in [3.63, 3.8) is 0 Å². The molecular weight excluding hydrogens is 279 g/mol. The van der Waals surface area contributed by atoms with Gasteiger partial charge in [-0.1, -0.05) is 0 Å². The first-order chi connectivity index (χ1) is 5.43. The molecule has 1 aliphatic rings. The van der Waals surface area contributed by atoms with Crippen molar-refractivity contribution in [3.05, 3.63) is 0 Å². The Hall–Kier alpha value is 0.960. The molecule has 1 saturated heterocycles. The predicted molar refractivity (Wildman–Crippen MR) is 52.7 cm³/mol. The minimum absolute atomic E-state index is 0.304. The zero-order chi connectivity index (χ0) is 7.94. The molecule has 1 atom stereocenters. The molecule has 0 radical (unpaired) electrons. The first-order valence-electron chi connectivity index (χ1n) is 3.53. The van der Waals surface area contributed by atoms with Crippen molar-refractivity contribution < 1.29 is 13.7 Å². The van der Waals surface area contributed by atoms with Crippen LogP contribution in [0.15, 0.2) is 0 Å². The highest BCUT2D eigenvalue weighted by Gasteiger charge is 2.15. The fraction of sp³-hybridized carbons (Fsp3) is 1.00. The Morgan fingerprint density at radius 1 is 1.55 bits per heavy atom. The van der Waals surface area contributed by atoms with Crippen LogP contribution in [0.2, 0.25) is 0 Å². The highest BCUT2D eigenvalue weighted by atomic mass is 127. The third-order valence-corrected chi connectivity index (χ3v) is 2.47. The van der Waals surface area contributed by atoms with E-state index in [1.807, 2.05) is 0 Å². The smallest absolute Gasteiger partial charge is 0.0857 e. The van der Waals surface area contributed by atoms with Crippen molar-refractivity contribution in [2.24, 2.45) is 0 Å². The Morgan fingerprint density at radius 2 is 2.45 bits per heavy atom. The molecule has 0 saturated carbocycles. The zero-order valence-corrected chi connectivity index (χ0v) is 9.10. The van der Waals surface area contributed by atoms with Gasteiger partial charge in [0.2, 0.25) is 0 Å². The summed E-state index contributed by atoms with van der Waals surface area (Å²) >= 11 is 2.09. The van der Waals surface area contributed by atoms with E-state index in [4.69, 9.17) is 13.7 Å². The summed E-state index contributed by atoms with van der Waals surface area (Å²) in [6.07, 6.45) is 1.33. The van der Waals surface area contributed by atoms with Crippen molar-refractivity contribution in [2.45, 2.75) is 12.5 Å². The van der Waals surface area contributed by atoms with Crippen LogP contribution in [0.25, 0.3) is 0 Å². The maximum absolute atomic E-state index is 5.44. The third kappa shape index (κ3) is 4.51. The quantitative estimate of drug-likeness (QED) is 0.438. The second-order valence-corrected chi connectivity index (χ2v) is 3.68. The zero-order valence-electron chi connectivity index (χ0n) is 6.12. The van der Waals surface area contributed by atoms with Gasteiger partial charge in [0.05, 0.1) is 35.1 Å². The number of halogens is 1. The van der Waals surface area contributed by atoms with Crippen LogP contribution in [0.5, 0.6) is 0 Å². The van der Waals surface area contributed by atoms with Crippen molar-refractivity contribution in [1.29, 1.82) is 0 Å². The van der Waals surface area contributed by atoms with Gasteiger partial charge in [0.15, 0.2) is 0 Å². The van der Waals surface area contributed by atoms with Crippen molar-refractivity contribution >= 4 is 30.4 Å². The molecule has 0 aromatic heterocycles. The van der Waals surface area contributed by atoms with Crippen LogP contribution < -0.4 is 0 Å². The summed E-state index contributed by atoms with van der Waals surface area (Å²) in [6, 6.07) is 0. The van der Waals surface area contributed by atoms with Crippen molar-refractivity contribution in [2.75, 3.05) is 26.4 Å². The van der Waals surface area contributed by atoms with Gasteiger partial charge in [0.25, 0.3) is 0 Å². The van der Waals surface area contributed by atoms with E-state index in [1.165, 1.54) is 9.21 Å². The molecule has 0 aromatic rings. The summed E-state index contributed by atoms with van der Waals surface area (Å²) in [7, 11) is 1.34. The van der Waals surface area contributed by atoms with E-state index >= 15 is 0 Å². The van der Waals surface area contributed by atoms with Gasteiger partial charge >= 0.3 is 0 Å². The number of hydrogen-bond donors (Lipinski definition) is 0. The highest BCUT2D eigenvalue weighted by molar-refractivity contribution is 14.2. The maximum Gasteiger partial charge on any atom is 0.0857 e. The number of ether oxygens (including phenoxy) is 2. The van der Waals surface area contributed by atoms with E-state index in [1.54, 1.807) is 0 Å². The average molecular weight is 290 g/mol. The molecule has 0 spiro atoms. The van der Waals surface area contributed by atoms with Gasteiger partial charge in [0.1, 0.15) is 0 Å². The SMILES string of the molecule is ISOCCOC1CCOC1. The van der Waals surface area contributed by atoms with Gasteiger partial charge in [-0.05, 0) is 6.42 Å². The first-order valence-corrected chi connectivity index (χ1v) is 6.81. The molecule has 1 rings (SSSR count). The summed E-state index contributed by atoms with van der Waals surface area (Å²) < 4.78 is 15.6. The molecule has 3 nitrogen and oxygen atoms in total. The summed E-state index contributed by atoms with van der Waals surface area (Å²) in [6.45, 7) is 2.91. The lowest BCUT2D eigenvalue weighted by atomic mass is 10.3. The summed E-state index contributed by atoms with van der Waals surface area (Å²) in [4.78, 5) is 0. The van der Waals surface area contributed by atoms with Crippen molar-refractivity contribution in [3.8, 4) is 0 Å². The maximum atomic E-state index is 5.44. The molecule has 1 unspecified atom stereocenters. The van der Waals surface area contributed by atoms with Crippen LogP contribution in [0.4, 0.5) is 0 Å². The molecule has 0 N–H and O–H groups in total. The Balaban J connectivity index is 1.86. The molecule has 1 fully saturated rings. The molecule has 0 amide bonds. The van der Waals surface area contributed by atoms with Gasteiger partial charge in [0, 0.05) is 27.8 Å². The Bertz CT molecular complexity index is 97.8. The van der Waals surface area contributed by atoms with Crippen LogP contribution >= 0.6 is 30.4 Å². The molecular formula is C6H11IO3S. The second-order valence-electron chi connectivity index (χ2n) is 2.24. The third-order valence-electron chi connectivity index (χ3n) is 1.45. The Kier molecular flexibility index (Phi) is 5.91. The van der Waals surface area contributed by atoms with Crippen LogP contribution in [0.1, 0.15) is 6.42 Å². The fourth-order valence-corrected chi connectivity index (χ4v) is 1.60. The van der Waals surface area contributed by atoms with Crippen LogP contribution in [-0.4, -0.2) is 32.5 Å². The monoisotopic (exact) mass is 290 g/mol. The highest BCUT2D eigenvalue weighted by Crippen LogP contribution is 2.12. The molecule has 11 heavy (non-hydrogen) atoms. The van der Waals surface area contributed by atoms with Crippen LogP contribution in [0, 0.1) is 0 Å². The van der Waals surface area contributed by atoms with E-state index in [2.05, 4.69) is 21.2 Å². The largest absolute Gasteiger partial charge is 0.379 e. The molecule has 66 valence electrons. The minimum Gasteiger partial charge on any atom is -0.379 e. The number of rotatable bonds is 5. The van der Waals surface area contributed by atoms with Gasteiger partial charge in [-0.3, -0.25) is 0 Å². The topological polar surface area (TPSA) is 27.7 Å². The lowest BCUT2D eigenvalue weighted by molar-refractivity contribution is 0.0298. The van der Waals surface area contributed by atoms with Crippen LogP contribution in [0.3, 0.4) is 0 Å². The number of hydrogen-bond acceptors (Lipinski definition) is 4. The standard InChI is InChI=1S/C6H11IO3S/c7-11-10-4-3-9-6-1-2-8-5-6/h6H,1-5H2. The van der Waals surface area contributed by atoms with E-state index in [9.17, 15) is 0 Å². The van der Waals surface area contributed by atoms with E-state index in [0.717, 1.165) is 19.6 Å². The molecule has 1 aliphatic heterocycles. The van der Waals surface area contributed by atoms with Gasteiger partial charge in [-0.25, -0.2) is 0 Å². The van der Waals surface area contributed by atoms with E-state index in [-0.39, 0.29) is 0 Å². The summed E-state index contributed by atoms with van der Waals surface area (Å²) in [5.41, 5.74) is 0. The normalized spacial score (nSPS) is 24.3. The summed E-state index contributed by atoms with van der Waals surface area (Å²) in [5.74, 6) is 0. The lowest BCUT2D eigenvalue weighted by Gasteiger charge is -2.07. The molecule has 0 aromatic carbocycles. The minimum atomic E-state index is 0.304. The van der Waals surface area contributed by atoms with Crippen molar-refractivity contribution in [1.82, 2.24) is 0 Å². The summed E-state index contributed by atoms with van der Waals surface area (Å²) in [5, 5.41) is 0. The van der Waals surface area contributed by atoms with Gasteiger partial charge in [-0.2, -0.15) is 0 Å². The molecule has 0 bridgehead atoms.